The van der Waals surface area contributed by atoms with Crippen LogP contribution in [0, 0.1) is 6.92 Å². The molecule has 2 aromatic heterocycles. The third kappa shape index (κ3) is 8.80. The van der Waals surface area contributed by atoms with Crippen molar-refractivity contribution in [2.24, 2.45) is 0 Å². The van der Waals surface area contributed by atoms with E-state index in [1.807, 2.05) is 16.3 Å². The number of methoxy groups -OCH3 is 1. The lowest BCUT2D eigenvalue weighted by Crippen LogP contribution is -2.51. The monoisotopic (exact) mass is 571 g/mol. The fraction of sp³-hybridized carbons (Fsp3) is 0.560. The number of carbonyl (C=O) groups is 2. The summed E-state index contributed by atoms with van der Waals surface area (Å²) in [5.41, 5.74) is 4.71. The minimum Gasteiger partial charge on any atom is -0.382 e. The highest BCUT2D eigenvalue weighted by Crippen LogP contribution is 2.23. The summed E-state index contributed by atoms with van der Waals surface area (Å²) in [6.07, 6.45) is 2.51. The van der Waals surface area contributed by atoms with Gasteiger partial charge in [-0.05, 0) is 67.1 Å². The van der Waals surface area contributed by atoms with Crippen molar-refractivity contribution in [1.82, 2.24) is 25.6 Å². The summed E-state index contributed by atoms with van der Waals surface area (Å²) in [7, 11) is 1.59. The fourth-order valence-corrected chi connectivity index (χ4v) is 5.69. The van der Waals surface area contributed by atoms with E-state index in [-0.39, 0.29) is 34.3 Å². The predicted octanol–water partition coefficient (Wildman–Crippen LogP) is 4.52. The van der Waals surface area contributed by atoms with Crippen LogP contribution in [0.3, 0.4) is 0 Å². The molecule has 1 aliphatic rings. The Bertz CT molecular complexity index is 996. The number of aryl methyl sites for hydroxylation is 1. The van der Waals surface area contributed by atoms with Crippen LogP contribution in [-0.4, -0.2) is 78.8 Å². The molecule has 3 heterocycles. The van der Waals surface area contributed by atoms with Crippen LogP contribution in [0.2, 0.25) is 10.3 Å². The van der Waals surface area contributed by atoms with E-state index in [4.69, 9.17) is 32.8 Å². The number of ether oxygens (including phenoxy) is 1. The number of hydrogen-bond donors (Lipinski definition) is 2. The zero-order valence-corrected chi connectivity index (χ0v) is 23.8. The lowest BCUT2D eigenvalue weighted by Gasteiger charge is -2.40. The Morgan fingerprint density at radius 3 is 2.70 bits per heavy atom. The lowest BCUT2D eigenvalue weighted by molar-refractivity contribution is 0.00769. The van der Waals surface area contributed by atoms with Gasteiger partial charge in [0.1, 0.15) is 10.3 Å². The van der Waals surface area contributed by atoms with Gasteiger partial charge in [0.2, 0.25) is 0 Å². The third-order valence-electron chi connectivity index (χ3n) is 6.52. The average molecular weight is 573 g/mol. The second kappa shape index (κ2) is 14.8. The standard InChI is InChI=1S/C25H35Cl2N5O4S/c1-17-14-21(26)29-23(27)22(17)24(33)28-8-4-18(2)31-9-5-20(6-10-31)32(15-19-7-13-37-16-19)25(34)30-36-12-11-35-3/h7,13-14,16,18,20H,4-6,8-12,15H2,1-3H3,(H,28,33)(H,30,34). The van der Waals surface area contributed by atoms with Crippen molar-refractivity contribution in [3.05, 3.63) is 49.9 Å². The van der Waals surface area contributed by atoms with E-state index in [2.05, 4.69) is 33.0 Å². The number of hydrogen-bond acceptors (Lipinski definition) is 7. The topological polar surface area (TPSA) is 96.0 Å². The van der Waals surface area contributed by atoms with Gasteiger partial charge in [0.25, 0.3) is 5.91 Å². The number of amides is 3. The third-order valence-corrected chi connectivity index (χ3v) is 7.72. The summed E-state index contributed by atoms with van der Waals surface area (Å²) in [5, 5.41) is 7.40. The Morgan fingerprint density at radius 2 is 2.05 bits per heavy atom. The van der Waals surface area contributed by atoms with Crippen molar-refractivity contribution in [3.63, 3.8) is 0 Å². The number of thiophene rings is 1. The zero-order chi connectivity index (χ0) is 26.8. The van der Waals surface area contributed by atoms with Gasteiger partial charge in [-0.25, -0.2) is 15.3 Å². The van der Waals surface area contributed by atoms with Crippen LogP contribution in [0.5, 0.6) is 0 Å². The molecule has 0 bridgehead atoms. The first-order valence-electron chi connectivity index (χ1n) is 12.3. The molecule has 3 rings (SSSR count). The number of nitrogens with one attached hydrogen (secondary N) is 2. The lowest BCUT2D eigenvalue weighted by atomic mass is 10.0. The molecule has 0 radical (unpaired) electrons. The van der Waals surface area contributed by atoms with Crippen LogP contribution in [0.25, 0.3) is 0 Å². The molecule has 1 aliphatic heterocycles. The molecule has 2 aromatic rings. The van der Waals surface area contributed by atoms with E-state index in [0.29, 0.717) is 37.4 Å². The smallest absolute Gasteiger partial charge is 0.341 e. The van der Waals surface area contributed by atoms with Crippen LogP contribution in [-0.2, 0) is 16.1 Å². The zero-order valence-electron chi connectivity index (χ0n) is 21.5. The second-order valence-corrected chi connectivity index (χ2v) is 10.6. The highest BCUT2D eigenvalue weighted by Gasteiger charge is 2.30. The maximum atomic E-state index is 12.9. The van der Waals surface area contributed by atoms with Crippen LogP contribution in [0.15, 0.2) is 22.9 Å². The van der Waals surface area contributed by atoms with Gasteiger partial charge >= 0.3 is 6.03 Å². The molecule has 0 aliphatic carbocycles. The second-order valence-electron chi connectivity index (χ2n) is 9.10. The van der Waals surface area contributed by atoms with Crippen molar-refractivity contribution in [1.29, 1.82) is 0 Å². The van der Waals surface area contributed by atoms with Crippen LogP contribution < -0.4 is 10.8 Å². The van der Waals surface area contributed by atoms with Gasteiger partial charge in [0.15, 0.2) is 0 Å². The normalized spacial score (nSPS) is 15.4. The van der Waals surface area contributed by atoms with Crippen molar-refractivity contribution in [2.75, 3.05) is 40.0 Å². The number of halogens is 2. The van der Waals surface area contributed by atoms with E-state index in [1.165, 1.54) is 0 Å². The van der Waals surface area contributed by atoms with Gasteiger partial charge in [-0.2, -0.15) is 11.3 Å². The summed E-state index contributed by atoms with van der Waals surface area (Å²) < 4.78 is 4.97. The molecule has 12 heteroatoms. The maximum absolute atomic E-state index is 12.9. The number of carbonyl (C=O) groups excluding carboxylic acids is 2. The minimum absolute atomic E-state index is 0.108. The summed E-state index contributed by atoms with van der Waals surface area (Å²) in [5.74, 6) is -0.250. The number of pyridine rings is 1. The van der Waals surface area contributed by atoms with E-state index in [1.54, 1.807) is 31.4 Å². The van der Waals surface area contributed by atoms with Crippen LogP contribution >= 0.6 is 34.5 Å². The van der Waals surface area contributed by atoms with Crippen molar-refractivity contribution >= 4 is 46.5 Å². The molecule has 1 fully saturated rings. The highest BCUT2D eigenvalue weighted by atomic mass is 35.5. The van der Waals surface area contributed by atoms with Crippen molar-refractivity contribution in [2.45, 2.75) is 51.7 Å². The van der Waals surface area contributed by atoms with Gasteiger partial charge in [-0.1, -0.05) is 23.2 Å². The molecule has 0 saturated carbocycles. The molecule has 0 aromatic carbocycles. The largest absolute Gasteiger partial charge is 0.382 e. The molecule has 3 amide bonds. The van der Waals surface area contributed by atoms with Crippen molar-refractivity contribution in [3.8, 4) is 0 Å². The number of rotatable bonds is 12. The highest BCUT2D eigenvalue weighted by molar-refractivity contribution is 7.07. The SMILES string of the molecule is COCCONC(=O)N(Cc1ccsc1)C1CCN(C(C)CCNC(=O)c2c(C)cc(Cl)nc2Cl)CC1. The first-order chi connectivity index (χ1) is 17.8. The van der Waals surface area contributed by atoms with Gasteiger partial charge in [0, 0.05) is 45.4 Å². The molecule has 0 spiro atoms. The Labute approximate surface area is 232 Å². The Hall–Kier alpha value is -1.95. The van der Waals surface area contributed by atoms with Crippen LogP contribution in [0.1, 0.15) is 47.7 Å². The summed E-state index contributed by atoms with van der Waals surface area (Å²) in [4.78, 5) is 39.1. The molecular formula is C25H35Cl2N5O4S. The van der Waals surface area contributed by atoms with E-state index in [0.717, 1.165) is 37.9 Å². The molecular weight excluding hydrogens is 537 g/mol. The first-order valence-corrected chi connectivity index (χ1v) is 14.0. The number of hydroxylamine groups is 1. The molecule has 1 unspecified atom stereocenters. The number of aromatic nitrogens is 1. The Balaban J connectivity index is 1.48. The molecule has 2 N–H and O–H groups in total. The summed E-state index contributed by atoms with van der Waals surface area (Å²) in [6, 6.07) is 3.82. The predicted molar refractivity (Wildman–Crippen MR) is 146 cm³/mol. The Morgan fingerprint density at radius 1 is 1.30 bits per heavy atom. The molecule has 1 atom stereocenters. The van der Waals surface area contributed by atoms with Crippen molar-refractivity contribution < 1.29 is 19.2 Å². The maximum Gasteiger partial charge on any atom is 0.341 e. The minimum atomic E-state index is -0.250. The van der Waals surface area contributed by atoms with Gasteiger partial charge in [-0.15, -0.1) is 0 Å². The quantitative estimate of drug-likeness (QED) is 0.221. The van der Waals surface area contributed by atoms with E-state index in [9.17, 15) is 9.59 Å². The molecule has 1 saturated heterocycles. The first kappa shape index (κ1) is 29.6. The number of likely N-dealkylation sites (tertiary alicyclic amines) is 1. The van der Waals surface area contributed by atoms with E-state index >= 15 is 0 Å². The molecule has 204 valence electrons. The summed E-state index contributed by atoms with van der Waals surface area (Å²) in [6.45, 7) is 7.43. The summed E-state index contributed by atoms with van der Waals surface area (Å²) >= 11 is 13.7. The number of piperidine rings is 1. The van der Waals surface area contributed by atoms with Crippen LogP contribution in [0.4, 0.5) is 4.79 Å². The van der Waals surface area contributed by atoms with E-state index < -0.39 is 0 Å². The number of nitrogens with zero attached hydrogens (tertiary/aromatic N) is 3. The van der Waals surface area contributed by atoms with Gasteiger partial charge in [0.05, 0.1) is 18.8 Å². The number of urea groups is 1. The molecule has 9 nitrogen and oxygen atoms in total. The van der Waals surface area contributed by atoms with Gasteiger partial charge < -0.3 is 19.9 Å². The fourth-order valence-electron chi connectivity index (χ4n) is 4.41. The van der Waals surface area contributed by atoms with Gasteiger partial charge in [-0.3, -0.25) is 9.63 Å². The average Bonchev–Trinajstić information content (AvgIpc) is 3.38. The molecule has 37 heavy (non-hydrogen) atoms. The Kier molecular flexibility index (Phi) is 11.9.